The summed E-state index contributed by atoms with van der Waals surface area (Å²) in [5.74, 6) is -1.22. The summed E-state index contributed by atoms with van der Waals surface area (Å²) in [5.41, 5.74) is -0.180. The molecule has 7 heteroatoms. The molecule has 3 aromatic carbocycles. The fourth-order valence-electron chi connectivity index (χ4n) is 3.62. The molecule has 0 aliphatic carbocycles. The van der Waals surface area contributed by atoms with Crippen molar-refractivity contribution in [3.8, 4) is 0 Å². The van der Waals surface area contributed by atoms with Crippen LogP contribution in [0.25, 0.3) is 31.8 Å². The summed E-state index contributed by atoms with van der Waals surface area (Å²) >= 11 is 1.21. The average molecular weight is 429 g/mol. The summed E-state index contributed by atoms with van der Waals surface area (Å²) in [6.07, 6.45) is 0. The topological polar surface area (TPSA) is 85.6 Å². The molecule has 1 N–H and O–H groups in total. The number of thiophene rings is 1. The van der Waals surface area contributed by atoms with Crippen LogP contribution in [0.15, 0.2) is 75.9 Å². The van der Waals surface area contributed by atoms with E-state index in [4.69, 9.17) is 9.15 Å². The van der Waals surface area contributed by atoms with Crippen molar-refractivity contribution < 1.29 is 18.7 Å². The van der Waals surface area contributed by atoms with Gasteiger partial charge in [-0.05, 0) is 29.0 Å². The molecule has 0 unspecified atom stereocenters. The fourth-order valence-corrected chi connectivity index (χ4v) is 4.69. The van der Waals surface area contributed by atoms with Gasteiger partial charge in [0.2, 0.25) is 0 Å². The van der Waals surface area contributed by atoms with E-state index in [1.807, 2.05) is 48.5 Å². The van der Waals surface area contributed by atoms with Crippen LogP contribution in [0.5, 0.6) is 0 Å². The van der Waals surface area contributed by atoms with Crippen molar-refractivity contribution in [2.45, 2.75) is 0 Å². The molecule has 0 radical (unpaired) electrons. The number of carbonyl (C=O) groups excluding carboxylic acids is 2. The van der Waals surface area contributed by atoms with Gasteiger partial charge in [-0.2, -0.15) is 0 Å². The Morgan fingerprint density at radius 2 is 1.68 bits per heavy atom. The molecule has 6 nitrogen and oxygen atoms in total. The van der Waals surface area contributed by atoms with Gasteiger partial charge < -0.3 is 14.5 Å². The molecule has 0 atom stereocenters. The lowest BCUT2D eigenvalue weighted by Crippen LogP contribution is -2.21. The van der Waals surface area contributed by atoms with Crippen molar-refractivity contribution in [1.29, 1.82) is 0 Å². The summed E-state index contributed by atoms with van der Waals surface area (Å²) in [6, 6.07) is 20.0. The molecule has 0 aliphatic rings. The third-order valence-electron chi connectivity index (χ3n) is 5.09. The van der Waals surface area contributed by atoms with Crippen molar-refractivity contribution >= 4 is 60.7 Å². The minimum Gasteiger partial charge on any atom is -0.465 e. The quantitative estimate of drug-likeness (QED) is 0.242. The number of fused-ring (bicyclic) bond motifs is 4. The number of benzene rings is 3. The number of ether oxygens (including phenoxy) is 1. The molecule has 0 spiro atoms. The maximum Gasteiger partial charge on any atom is 0.350 e. The van der Waals surface area contributed by atoms with Crippen molar-refractivity contribution in [2.75, 3.05) is 12.4 Å². The van der Waals surface area contributed by atoms with Crippen LogP contribution in [0, 0.1) is 0 Å². The standard InChI is InChI=1S/C24H15NO5S/c1-29-24(28)21-20(15-8-4-5-9-19(15)31-21)25-22(26)17-12-16-14-7-3-2-6-13(14)10-11-18(16)30-23(17)27/h2-12H,1H3,(H,25,26). The first-order valence-electron chi connectivity index (χ1n) is 9.43. The Bertz CT molecular complexity index is 1560. The molecule has 5 aromatic rings. The second-order valence-electron chi connectivity index (χ2n) is 6.89. The first kappa shape index (κ1) is 19.0. The SMILES string of the molecule is COC(=O)c1sc2ccccc2c1NC(=O)c1cc2c(ccc3ccccc32)oc1=O. The number of nitrogens with one attached hydrogen (secondary N) is 1. The van der Waals surface area contributed by atoms with Crippen LogP contribution < -0.4 is 10.9 Å². The molecule has 0 fully saturated rings. The summed E-state index contributed by atoms with van der Waals surface area (Å²) < 4.78 is 11.1. The fraction of sp³-hybridized carbons (Fsp3) is 0.0417. The van der Waals surface area contributed by atoms with Crippen LogP contribution in [0.2, 0.25) is 0 Å². The Labute approximate surface area is 179 Å². The molecule has 5 rings (SSSR count). The summed E-state index contributed by atoms with van der Waals surface area (Å²) in [6.45, 7) is 0. The molecule has 0 saturated heterocycles. The van der Waals surface area contributed by atoms with Gasteiger partial charge in [0.25, 0.3) is 5.91 Å². The van der Waals surface area contributed by atoms with Gasteiger partial charge in [-0.3, -0.25) is 4.79 Å². The van der Waals surface area contributed by atoms with Crippen LogP contribution in [-0.2, 0) is 4.74 Å². The minimum absolute atomic E-state index is 0.144. The van der Waals surface area contributed by atoms with E-state index in [-0.39, 0.29) is 10.4 Å². The highest BCUT2D eigenvalue weighted by atomic mass is 32.1. The van der Waals surface area contributed by atoms with E-state index < -0.39 is 17.5 Å². The molecule has 31 heavy (non-hydrogen) atoms. The monoisotopic (exact) mass is 429 g/mol. The number of anilines is 1. The molecule has 2 aromatic heterocycles. The molecular weight excluding hydrogens is 414 g/mol. The highest BCUT2D eigenvalue weighted by molar-refractivity contribution is 7.21. The maximum absolute atomic E-state index is 13.1. The Balaban J connectivity index is 1.65. The second kappa shape index (κ2) is 7.37. The Morgan fingerprint density at radius 1 is 0.935 bits per heavy atom. The summed E-state index contributed by atoms with van der Waals surface area (Å²) in [7, 11) is 1.28. The van der Waals surface area contributed by atoms with E-state index in [2.05, 4.69) is 5.32 Å². The molecule has 0 aliphatic heterocycles. The molecule has 1 amide bonds. The lowest BCUT2D eigenvalue weighted by Gasteiger charge is -2.08. The van der Waals surface area contributed by atoms with E-state index in [0.29, 0.717) is 22.0 Å². The van der Waals surface area contributed by atoms with Crippen LogP contribution >= 0.6 is 11.3 Å². The van der Waals surface area contributed by atoms with Crippen molar-refractivity contribution in [3.05, 3.63) is 87.6 Å². The van der Waals surface area contributed by atoms with E-state index in [1.165, 1.54) is 24.5 Å². The maximum atomic E-state index is 13.1. The van der Waals surface area contributed by atoms with Crippen LogP contribution in [0.1, 0.15) is 20.0 Å². The van der Waals surface area contributed by atoms with Gasteiger partial charge in [0.15, 0.2) is 0 Å². The van der Waals surface area contributed by atoms with Crippen LogP contribution in [-0.4, -0.2) is 19.0 Å². The molecule has 0 saturated carbocycles. The van der Waals surface area contributed by atoms with E-state index in [9.17, 15) is 14.4 Å². The van der Waals surface area contributed by atoms with Crippen LogP contribution in [0.3, 0.4) is 0 Å². The second-order valence-corrected chi connectivity index (χ2v) is 7.95. The number of carbonyl (C=O) groups is 2. The first-order valence-corrected chi connectivity index (χ1v) is 10.3. The predicted molar refractivity (Wildman–Crippen MR) is 121 cm³/mol. The van der Waals surface area contributed by atoms with E-state index >= 15 is 0 Å². The Morgan fingerprint density at radius 3 is 2.48 bits per heavy atom. The highest BCUT2D eigenvalue weighted by Gasteiger charge is 2.23. The number of hydrogen-bond donors (Lipinski definition) is 1. The highest BCUT2D eigenvalue weighted by Crippen LogP contribution is 2.36. The smallest absolute Gasteiger partial charge is 0.350 e. The van der Waals surface area contributed by atoms with Gasteiger partial charge in [-0.1, -0.05) is 48.5 Å². The van der Waals surface area contributed by atoms with Gasteiger partial charge >= 0.3 is 11.6 Å². The zero-order valence-electron chi connectivity index (χ0n) is 16.3. The lowest BCUT2D eigenvalue weighted by atomic mass is 10.0. The number of hydrogen-bond acceptors (Lipinski definition) is 6. The Kier molecular flexibility index (Phi) is 4.52. The zero-order valence-corrected chi connectivity index (χ0v) is 17.1. The van der Waals surface area contributed by atoms with E-state index in [1.54, 1.807) is 12.1 Å². The van der Waals surface area contributed by atoms with Crippen molar-refractivity contribution in [1.82, 2.24) is 0 Å². The Hall–Kier alpha value is -3.97. The van der Waals surface area contributed by atoms with Gasteiger partial charge in [0.1, 0.15) is 16.0 Å². The van der Waals surface area contributed by atoms with Gasteiger partial charge in [0, 0.05) is 15.5 Å². The molecular formula is C24H15NO5S. The average Bonchev–Trinajstić information content (AvgIpc) is 3.16. The third-order valence-corrected chi connectivity index (χ3v) is 6.24. The number of methoxy groups -OCH3 is 1. The van der Waals surface area contributed by atoms with Crippen molar-refractivity contribution in [3.63, 3.8) is 0 Å². The number of esters is 1. The largest absolute Gasteiger partial charge is 0.465 e. The van der Waals surface area contributed by atoms with Crippen LogP contribution in [0.4, 0.5) is 5.69 Å². The number of rotatable bonds is 3. The van der Waals surface area contributed by atoms with Gasteiger partial charge in [0.05, 0.1) is 12.8 Å². The zero-order chi connectivity index (χ0) is 21.5. The van der Waals surface area contributed by atoms with E-state index in [0.717, 1.165) is 15.5 Å². The van der Waals surface area contributed by atoms with Gasteiger partial charge in [-0.25, -0.2) is 9.59 Å². The summed E-state index contributed by atoms with van der Waals surface area (Å²) in [5, 5.41) is 5.91. The molecule has 152 valence electrons. The minimum atomic E-state index is -0.751. The molecule has 0 bridgehead atoms. The third kappa shape index (κ3) is 3.15. The molecule has 2 heterocycles. The number of amides is 1. The first-order chi connectivity index (χ1) is 15.1. The summed E-state index contributed by atoms with van der Waals surface area (Å²) in [4.78, 5) is 38.2. The lowest BCUT2D eigenvalue weighted by molar-refractivity contribution is 0.0607. The van der Waals surface area contributed by atoms with Crippen molar-refractivity contribution in [2.24, 2.45) is 0 Å². The predicted octanol–water partition coefficient (Wildman–Crippen LogP) is 5.20. The normalized spacial score (nSPS) is 11.1. The van der Waals surface area contributed by atoms with Gasteiger partial charge in [-0.15, -0.1) is 11.3 Å².